The summed E-state index contributed by atoms with van der Waals surface area (Å²) in [5.74, 6) is -0.144. The number of amides is 1. The van der Waals surface area contributed by atoms with Crippen LogP contribution >= 0.6 is 0 Å². The Kier molecular flexibility index (Phi) is 4.13. The van der Waals surface area contributed by atoms with Crippen LogP contribution < -0.4 is 10.2 Å². The fourth-order valence-corrected chi connectivity index (χ4v) is 4.36. The molecule has 0 radical (unpaired) electrons. The maximum absolute atomic E-state index is 12.7. The molecular formula is C22H24N6O. The van der Waals surface area contributed by atoms with Crippen molar-refractivity contribution in [2.24, 2.45) is 0 Å². The van der Waals surface area contributed by atoms with Gasteiger partial charge in [0.15, 0.2) is 5.65 Å². The topological polar surface area (TPSA) is 65.8 Å². The van der Waals surface area contributed by atoms with Crippen LogP contribution in [0.15, 0.2) is 42.6 Å². The van der Waals surface area contributed by atoms with E-state index in [1.807, 2.05) is 40.9 Å². The molecule has 7 heteroatoms. The number of likely N-dealkylation sites (N-methyl/N-ethyl adjacent to an activating group) is 1. The second-order valence-corrected chi connectivity index (χ2v) is 7.82. The minimum Gasteiger partial charge on any atom is -0.369 e. The molecule has 1 amide bonds. The highest BCUT2D eigenvalue weighted by atomic mass is 16.1. The zero-order chi connectivity index (χ0) is 20.1. The van der Waals surface area contributed by atoms with E-state index in [1.165, 1.54) is 0 Å². The maximum Gasteiger partial charge on any atom is 0.254 e. The lowest BCUT2D eigenvalue weighted by atomic mass is 10.1. The molecule has 0 unspecified atom stereocenters. The summed E-state index contributed by atoms with van der Waals surface area (Å²) in [6, 6.07) is 12.5. The molecule has 1 aromatic carbocycles. The first-order valence-corrected chi connectivity index (χ1v) is 9.91. The van der Waals surface area contributed by atoms with Gasteiger partial charge in [0.2, 0.25) is 0 Å². The number of hydrogen-bond acceptors (Lipinski definition) is 5. The first kappa shape index (κ1) is 17.9. The number of para-hydroxylation sites is 2. The molecule has 7 nitrogen and oxygen atoms in total. The van der Waals surface area contributed by atoms with E-state index in [4.69, 9.17) is 9.97 Å². The number of carbonyl (C=O) groups excluding carboxylic acids is 1. The predicted octanol–water partition coefficient (Wildman–Crippen LogP) is 2.54. The number of hydrogen-bond donors (Lipinski definition) is 1. The molecule has 0 spiro atoms. The molecule has 1 atom stereocenters. The smallest absolute Gasteiger partial charge is 0.254 e. The van der Waals surface area contributed by atoms with Crippen molar-refractivity contribution in [3.63, 3.8) is 0 Å². The number of aromatic nitrogens is 3. The highest BCUT2D eigenvalue weighted by Crippen LogP contribution is 2.33. The molecule has 0 aliphatic carbocycles. The summed E-state index contributed by atoms with van der Waals surface area (Å²) in [4.78, 5) is 26.8. The third-order valence-corrected chi connectivity index (χ3v) is 5.95. The Labute approximate surface area is 168 Å². The van der Waals surface area contributed by atoms with Gasteiger partial charge in [0.25, 0.3) is 5.91 Å². The lowest BCUT2D eigenvalue weighted by molar-refractivity contribution is 0.0964. The van der Waals surface area contributed by atoms with E-state index in [0.29, 0.717) is 17.3 Å². The van der Waals surface area contributed by atoms with E-state index in [9.17, 15) is 4.79 Å². The Morgan fingerprint density at radius 3 is 2.79 bits per heavy atom. The van der Waals surface area contributed by atoms with Crippen LogP contribution in [0, 0.1) is 0 Å². The standard InChI is InChI=1S/C22H24N6O/c1-23-22(29)16-12-15-18(27-11-9-14(13-27)26(2)3)8-10-24-20(15)28-19-7-5-4-6-17(19)25-21(16)28/h4-8,10,12,14H,9,11,13H2,1-3H3,(H,23,29)/t14-/m0/s1. The predicted molar refractivity (Wildman–Crippen MR) is 116 cm³/mol. The minimum atomic E-state index is -0.144. The third kappa shape index (κ3) is 2.73. The van der Waals surface area contributed by atoms with E-state index >= 15 is 0 Å². The molecule has 1 N–H and O–H groups in total. The number of fused-ring (bicyclic) bond motifs is 5. The normalized spacial score (nSPS) is 17.1. The van der Waals surface area contributed by atoms with Crippen LogP contribution in [0.4, 0.5) is 5.69 Å². The SMILES string of the molecule is CNC(=O)c1cc2c(N3CC[C@H](N(C)C)C3)ccnc2n2c1nc1ccccc12. The molecule has 0 saturated carbocycles. The fraction of sp³-hybridized carbons (Fsp3) is 0.318. The van der Waals surface area contributed by atoms with Crippen LogP contribution in [-0.2, 0) is 0 Å². The zero-order valence-electron chi connectivity index (χ0n) is 16.9. The number of nitrogens with one attached hydrogen (secondary N) is 1. The molecule has 29 heavy (non-hydrogen) atoms. The highest BCUT2D eigenvalue weighted by Gasteiger charge is 2.27. The van der Waals surface area contributed by atoms with Crippen LogP contribution in [0.25, 0.3) is 27.7 Å². The Morgan fingerprint density at radius 1 is 1.21 bits per heavy atom. The van der Waals surface area contributed by atoms with Gasteiger partial charge in [-0.05, 0) is 44.8 Å². The molecule has 148 valence electrons. The van der Waals surface area contributed by atoms with Gasteiger partial charge in [0.05, 0.1) is 16.6 Å². The lowest BCUT2D eigenvalue weighted by Crippen LogP contribution is -2.31. The number of benzene rings is 1. The number of carbonyl (C=O) groups is 1. The first-order valence-electron chi connectivity index (χ1n) is 9.91. The van der Waals surface area contributed by atoms with Gasteiger partial charge < -0.3 is 15.1 Å². The van der Waals surface area contributed by atoms with Gasteiger partial charge in [0.1, 0.15) is 5.65 Å². The molecule has 1 aliphatic rings. The molecule has 5 rings (SSSR count). The highest BCUT2D eigenvalue weighted by molar-refractivity contribution is 6.07. The summed E-state index contributed by atoms with van der Waals surface area (Å²) >= 11 is 0. The summed E-state index contributed by atoms with van der Waals surface area (Å²) in [7, 11) is 5.91. The van der Waals surface area contributed by atoms with Crippen molar-refractivity contribution in [1.82, 2.24) is 24.6 Å². The summed E-state index contributed by atoms with van der Waals surface area (Å²) in [5.41, 5.74) is 4.95. The molecule has 1 saturated heterocycles. The average molecular weight is 388 g/mol. The van der Waals surface area contributed by atoms with Crippen molar-refractivity contribution in [2.75, 3.05) is 39.1 Å². The van der Waals surface area contributed by atoms with Crippen LogP contribution in [0.5, 0.6) is 0 Å². The van der Waals surface area contributed by atoms with Gasteiger partial charge in [-0.15, -0.1) is 0 Å². The van der Waals surface area contributed by atoms with Crippen LogP contribution in [0.2, 0.25) is 0 Å². The van der Waals surface area contributed by atoms with Crippen molar-refractivity contribution in [1.29, 1.82) is 0 Å². The number of rotatable bonds is 3. The monoisotopic (exact) mass is 388 g/mol. The van der Waals surface area contributed by atoms with Crippen molar-refractivity contribution in [3.8, 4) is 0 Å². The van der Waals surface area contributed by atoms with Crippen LogP contribution in [0.3, 0.4) is 0 Å². The first-order chi connectivity index (χ1) is 14.1. The van der Waals surface area contributed by atoms with Gasteiger partial charge in [-0.1, -0.05) is 12.1 Å². The van der Waals surface area contributed by atoms with Crippen molar-refractivity contribution >= 4 is 39.3 Å². The average Bonchev–Trinajstić information content (AvgIpc) is 3.37. The van der Waals surface area contributed by atoms with Crippen LogP contribution in [-0.4, -0.2) is 65.5 Å². The number of imidazole rings is 1. The van der Waals surface area contributed by atoms with Gasteiger partial charge in [-0.2, -0.15) is 0 Å². The second-order valence-electron chi connectivity index (χ2n) is 7.82. The number of nitrogens with zero attached hydrogens (tertiary/aromatic N) is 5. The van der Waals surface area contributed by atoms with E-state index in [0.717, 1.165) is 47.3 Å². The fourth-order valence-electron chi connectivity index (χ4n) is 4.36. The molecule has 3 aromatic heterocycles. The number of pyridine rings is 2. The summed E-state index contributed by atoms with van der Waals surface area (Å²) in [6.45, 7) is 1.95. The van der Waals surface area contributed by atoms with Crippen molar-refractivity contribution < 1.29 is 4.79 Å². The Balaban J connectivity index is 1.82. The summed E-state index contributed by atoms with van der Waals surface area (Å²) < 4.78 is 2.01. The second kappa shape index (κ2) is 6.70. The quantitative estimate of drug-likeness (QED) is 0.584. The lowest BCUT2D eigenvalue weighted by Gasteiger charge is -2.23. The Hall–Kier alpha value is -3.19. The van der Waals surface area contributed by atoms with Gasteiger partial charge in [-0.3, -0.25) is 9.20 Å². The molecule has 1 fully saturated rings. The molecule has 4 aromatic rings. The minimum absolute atomic E-state index is 0.144. The van der Waals surface area contributed by atoms with Crippen LogP contribution in [0.1, 0.15) is 16.8 Å². The van der Waals surface area contributed by atoms with Gasteiger partial charge in [-0.25, -0.2) is 9.97 Å². The third-order valence-electron chi connectivity index (χ3n) is 5.95. The summed E-state index contributed by atoms with van der Waals surface area (Å²) in [6.07, 6.45) is 2.98. The zero-order valence-corrected chi connectivity index (χ0v) is 16.9. The van der Waals surface area contributed by atoms with Gasteiger partial charge in [0, 0.05) is 43.4 Å². The van der Waals surface area contributed by atoms with Crippen molar-refractivity contribution in [3.05, 3.63) is 48.2 Å². The maximum atomic E-state index is 12.7. The van der Waals surface area contributed by atoms with E-state index in [-0.39, 0.29) is 5.91 Å². The van der Waals surface area contributed by atoms with Crippen molar-refractivity contribution in [2.45, 2.75) is 12.5 Å². The van der Waals surface area contributed by atoms with Gasteiger partial charge >= 0.3 is 0 Å². The largest absolute Gasteiger partial charge is 0.369 e. The van der Waals surface area contributed by atoms with E-state index in [2.05, 4.69) is 35.3 Å². The summed E-state index contributed by atoms with van der Waals surface area (Å²) in [5, 5.41) is 3.73. The number of anilines is 1. The molecular weight excluding hydrogens is 364 g/mol. The Bertz CT molecular complexity index is 1240. The Morgan fingerprint density at radius 2 is 2.03 bits per heavy atom. The molecule has 0 bridgehead atoms. The molecule has 1 aliphatic heterocycles. The molecule has 4 heterocycles. The van der Waals surface area contributed by atoms with E-state index < -0.39 is 0 Å². The van der Waals surface area contributed by atoms with E-state index in [1.54, 1.807) is 7.05 Å².